The Morgan fingerprint density at radius 2 is 2.35 bits per heavy atom. The third-order valence-corrected chi connectivity index (χ3v) is 4.65. The SMILES string of the molecule is CCC1(CC)C(NC(=O)/C=C/c2cn[nH]c2)CC1OC. The topological polar surface area (TPSA) is 67.0 Å². The number of carbonyl (C=O) groups is 1. The smallest absolute Gasteiger partial charge is 0.244 e. The highest BCUT2D eigenvalue weighted by Crippen LogP contribution is 2.48. The second-order valence-corrected chi connectivity index (χ2v) is 5.33. The van der Waals surface area contributed by atoms with E-state index < -0.39 is 0 Å². The van der Waals surface area contributed by atoms with Gasteiger partial charge >= 0.3 is 0 Å². The van der Waals surface area contributed by atoms with Crippen molar-refractivity contribution in [2.45, 2.75) is 45.3 Å². The normalized spacial score (nSPS) is 24.6. The lowest BCUT2D eigenvalue weighted by Crippen LogP contribution is -2.64. The zero-order valence-electron chi connectivity index (χ0n) is 12.3. The number of nitrogens with zero attached hydrogens (tertiary/aromatic N) is 1. The molecule has 2 unspecified atom stereocenters. The zero-order valence-corrected chi connectivity index (χ0v) is 12.3. The lowest BCUT2D eigenvalue weighted by Gasteiger charge is -2.55. The van der Waals surface area contributed by atoms with Crippen molar-refractivity contribution >= 4 is 12.0 Å². The van der Waals surface area contributed by atoms with E-state index in [1.54, 1.807) is 31.7 Å². The van der Waals surface area contributed by atoms with E-state index in [1.807, 2.05) is 0 Å². The monoisotopic (exact) mass is 277 g/mol. The summed E-state index contributed by atoms with van der Waals surface area (Å²) >= 11 is 0. The molecule has 1 aliphatic rings. The summed E-state index contributed by atoms with van der Waals surface area (Å²) in [7, 11) is 1.75. The molecule has 0 saturated heterocycles. The molecule has 2 rings (SSSR count). The maximum atomic E-state index is 12.0. The highest BCUT2D eigenvalue weighted by molar-refractivity contribution is 5.92. The standard InChI is InChI=1S/C15H23N3O2/c1-4-15(5-2)12(8-13(15)20-3)18-14(19)7-6-11-9-16-17-10-11/h6-7,9-10,12-13H,4-5,8H2,1-3H3,(H,16,17)(H,18,19)/b7-6+. The zero-order chi connectivity index (χ0) is 14.6. The molecule has 20 heavy (non-hydrogen) atoms. The Bertz CT molecular complexity index is 463. The quantitative estimate of drug-likeness (QED) is 0.783. The van der Waals surface area contributed by atoms with Gasteiger partial charge in [-0.05, 0) is 25.3 Å². The first-order valence-electron chi connectivity index (χ1n) is 7.16. The van der Waals surface area contributed by atoms with Crippen LogP contribution in [-0.4, -0.2) is 35.4 Å². The number of carbonyl (C=O) groups excluding carboxylic acids is 1. The van der Waals surface area contributed by atoms with Gasteiger partial charge in [-0.1, -0.05) is 13.8 Å². The van der Waals surface area contributed by atoms with E-state index in [2.05, 4.69) is 29.4 Å². The van der Waals surface area contributed by atoms with Gasteiger partial charge in [-0.15, -0.1) is 0 Å². The van der Waals surface area contributed by atoms with E-state index >= 15 is 0 Å². The lowest BCUT2D eigenvalue weighted by atomic mass is 9.58. The fourth-order valence-corrected chi connectivity index (χ4v) is 3.22. The average molecular weight is 277 g/mol. The number of H-pyrrole nitrogens is 1. The van der Waals surface area contributed by atoms with Crippen LogP contribution in [0.3, 0.4) is 0 Å². The summed E-state index contributed by atoms with van der Waals surface area (Å²) in [5.74, 6) is -0.0583. The molecular weight excluding hydrogens is 254 g/mol. The van der Waals surface area contributed by atoms with Crippen LogP contribution in [0, 0.1) is 5.41 Å². The molecule has 1 aromatic heterocycles. The van der Waals surface area contributed by atoms with E-state index in [1.165, 1.54) is 0 Å². The summed E-state index contributed by atoms with van der Waals surface area (Å²) < 4.78 is 5.53. The van der Waals surface area contributed by atoms with Crippen LogP contribution in [0.15, 0.2) is 18.5 Å². The van der Waals surface area contributed by atoms with Crippen molar-refractivity contribution in [3.8, 4) is 0 Å². The molecule has 2 atom stereocenters. The third-order valence-electron chi connectivity index (χ3n) is 4.65. The summed E-state index contributed by atoms with van der Waals surface area (Å²) in [5.41, 5.74) is 0.967. The number of methoxy groups -OCH3 is 1. The van der Waals surface area contributed by atoms with Gasteiger partial charge in [0.05, 0.1) is 12.3 Å². The van der Waals surface area contributed by atoms with E-state index in [0.29, 0.717) is 0 Å². The number of aromatic nitrogens is 2. The Morgan fingerprint density at radius 1 is 1.60 bits per heavy atom. The molecule has 1 saturated carbocycles. The van der Waals surface area contributed by atoms with Gasteiger partial charge < -0.3 is 10.1 Å². The van der Waals surface area contributed by atoms with E-state index in [-0.39, 0.29) is 23.5 Å². The van der Waals surface area contributed by atoms with Crippen LogP contribution in [0.5, 0.6) is 0 Å². The van der Waals surface area contributed by atoms with Gasteiger partial charge in [0.15, 0.2) is 0 Å². The molecule has 1 fully saturated rings. The Kier molecular flexibility index (Phi) is 4.60. The second kappa shape index (κ2) is 6.22. The molecule has 5 heteroatoms. The van der Waals surface area contributed by atoms with E-state index in [9.17, 15) is 4.79 Å². The number of aromatic amines is 1. The van der Waals surface area contributed by atoms with Crippen LogP contribution in [0.1, 0.15) is 38.7 Å². The number of hydrogen-bond acceptors (Lipinski definition) is 3. The average Bonchev–Trinajstić information content (AvgIpc) is 2.95. The lowest BCUT2D eigenvalue weighted by molar-refractivity contribution is -0.138. The van der Waals surface area contributed by atoms with Gasteiger partial charge in [-0.2, -0.15) is 5.10 Å². The number of amides is 1. The summed E-state index contributed by atoms with van der Waals surface area (Å²) in [4.78, 5) is 12.0. The van der Waals surface area contributed by atoms with Gasteiger partial charge in [0.25, 0.3) is 0 Å². The Balaban J connectivity index is 1.94. The third kappa shape index (κ3) is 2.63. The minimum Gasteiger partial charge on any atom is -0.381 e. The van der Waals surface area contributed by atoms with Crippen molar-refractivity contribution in [2.24, 2.45) is 5.41 Å². The first-order valence-corrected chi connectivity index (χ1v) is 7.16. The van der Waals surface area contributed by atoms with Gasteiger partial charge in [-0.25, -0.2) is 0 Å². The van der Waals surface area contributed by atoms with Crippen LogP contribution in [0.25, 0.3) is 6.08 Å². The highest BCUT2D eigenvalue weighted by Gasteiger charge is 2.53. The Hall–Kier alpha value is -1.62. The summed E-state index contributed by atoms with van der Waals surface area (Å²) in [6, 6.07) is 0.198. The van der Waals surface area contributed by atoms with Gasteiger partial charge in [0.1, 0.15) is 0 Å². The van der Waals surface area contributed by atoms with Gasteiger partial charge in [0, 0.05) is 36.4 Å². The van der Waals surface area contributed by atoms with Crippen LogP contribution in [0.2, 0.25) is 0 Å². The number of rotatable bonds is 6. The molecule has 0 spiro atoms. The molecule has 0 radical (unpaired) electrons. The summed E-state index contributed by atoms with van der Waals surface area (Å²) in [5, 5.41) is 9.65. The molecule has 1 amide bonds. The number of hydrogen-bond donors (Lipinski definition) is 2. The second-order valence-electron chi connectivity index (χ2n) is 5.33. The molecule has 110 valence electrons. The van der Waals surface area contributed by atoms with Crippen LogP contribution in [0.4, 0.5) is 0 Å². The van der Waals surface area contributed by atoms with Crippen LogP contribution < -0.4 is 5.32 Å². The van der Waals surface area contributed by atoms with Crippen molar-refractivity contribution in [3.63, 3.8) is 0 Å². The maximum Gasteiger partial charge on any atom is 0.244 e. The predicted molar refractivity (Wildman–Crippen MR) is 78.0 cm³/mol. The van der Waals surface area contributed by atoms with Crippen molar-refractivity contribution in [1.82, 2.24) is 15.5 Å². The van der Waals surface area contributed by atoms with E-state index in [0.717, 1.165) is 24.8 Å². The van der Waals surface area contributed by atoms with Crippen molar-refractivity contribution in [1.29, 1.82) is 0 Å². The molecule has 1 aliphatic carbocycles. The Labute approximate surface area is 119 Å². The number of ether oxygens (including phenoxy) is 1. The van der Waals surface area contributed by atoms with Crippen molar-refractivity contribution in [3.05, 3.63) is 24.0 Å². The molecule has 2 N–H and O–H groups in total. The van der Waals surface area contributed by atoms with E-state index in [4.69, 9.17) is 4.74 Å². The molecule has 0 bridgehead atoms. The van der Waals surface area contributed by atoms with Gasteiger partial charge in [-0.3, -0.25) is 9.89 Å². The molecule has 0 aromatic carbocycles. The molecule has 5 nitrogen and oxygen atoms in total. The Morgan fingerprint density at radius 3 is 2.90 bits per heavy atom. The van der Waals surface area contributed by atoms with Crippen LogP contribution >= 0.6 is 0 Å². The fourth-order valence-electron chi connectivity index (χ4n) is 3.22. The maximum absolute atomic E-state index is 12.0. The first kappa shape index (κ1) is 14.8. The largest absolute Gasteiger partial charge is 0.381 e. The first-order chi connectivity index (χ1) is 9.66. The number of nitrogens with one attached hydrogen (secondary N) is 2. The minimum absolute atomic E-state index is 0.0583. The predicted octanol–water partition coefficient (Wildman–Crippen LogP) is 2.13. The summed E-state index contributed by atoms with van der Waals surface area (Å²) in [6.45, 7) is 4.32. The summed E-state index contributed by atoms with van der Waals surface area (Å²) in [6.07, 6.45) is 9.90. The minimum atomic E-state index is -0.0583. The molecular formula is C15H23N3O2. The molecule has 0 aliphatic heterocycles. The fraction of sp³-hybridized carbons (Fsp3) is 0.600. The highest BCUT2D eigenvalue weighted by atomic mass is 16.5. The van der Waals surface area contributed by atoms with Crippen molar-refractivity contribution < 1.29 is 9.53 Å². The van der Waals surface area contributed by atoms with Gasteiger partial charge in [0.2, 0.25) is 5.91 Å². The molecule has 1 aromatic rings. The molecule has 1 heterocycles. The van der Waals surface area contributed by atoms with Crippen LogP contribution in [-0.2, 0) is 9.53 Å². The van der Waals surface area contributed by atoms with Crippen molar-refractivity contribution in [2.75, 3.05) is 7.11 Å².